The Bertz CT molecular complexity index is 718. The van der Waals surface area contributed by atoms with Gasteiger partial charge in [0.2, 0.25) is 0 Å². The molecular weight excluding hydrogens is 304 g/mol. The standard InChI is InChI=1S/C20H20O4/c21-15-19-14-17(6-9-18(19)12-13-24-23)8-11-20(22)10-7-16-4-2-1-3-5-16/h1-11,14,21,23H,12-13,15H2/b10-7+,11-8+. The lowest BCUT2D eigenvalue weighted by Gasteiger charge is -2.07. The van der Waals surface area contributed by atoms with Crippen molar-refractivity contribution in [1.29, 1.82) is 0 Å². The van der Waals surface area contributed by atoms with Crippen molar-refractivity contribution < 1.29 is 20.0 Å². The van der Waals surface area contributed by atoms with Crippen LogP contribution in [0.25, 0.3) is 12.2 Å². The van der Waals surface area contributed by atoms with E-state index in [0.29, 0.717) is 6.42 Å². The Hall–Kier alpha value is -2.53. The first-order valence-electron chi connectivity index (χ1n) is 7.67. The average molecular weight is 324 g/mol. The van der Waals surface area contributed by atoms with Crippen LogP contribution in [0.4, 0.5) is 0 Å². The minimum absolute atomic E-state index is 0.107. The molecule has 0 heterocycles. The highest BCUT2D eigenvalue weighted by Gasteiger charge is 2.03. The molecule has 0 saturated heterocycles. The molecule has 124 valence electrons. The molecule has 2 aromatic carbocycles. The molecule has 0 atom stereocenters. The van der Waals surface area contributed by atoms with Gasteiger partial charge in [0.05, 0.1) is 13.2 Å². The maximum absolute atomic E-state index is 11.9. The molecule has 0 saturated carbocycles. The second kappa shape index (κ2) is 9.57. The lowest BCUT2D eigenvalue weighted by molar-refractivity contribution is -0.241. The first-order chi connectivity index (χ1) is 11.7. The van der Waals surface area contributed by atoms with Gasteiger partial charge in [-0.3, -0.25) is 10.1 Å². The van der Waals surface area contributed by atoms with Crippen molar-refractivity contribution in [3.05, 3.63) is 82.9 Å². The van der Waals surface area contributed by atoms with Gasteiger partial charge in [0.1, 0.15) is 0 Å². The van der Waals surface area contributed by atoms with E-state index in [4.69, 9.17) is 5.26 Å². The van der Waals surface area contributed by atoms with E-state index >= 15 is 0 Å². The van der Waals surface area contributed by atoms with Gasteiger partial charge in [0, 0.05) is 0 Å². The summed E-state index contributed by atoms with van der Waals surface area (Å²) in [6.07, 6.45) is 7.00. The summed E-state index contributed by atoms with van der Waals surface area (Å²) in [5, 5.41) is 17.8. The van der Waals surface area contributed by atoms with Gasteiger partial charge in [-0.2, -0.15) is 0 Å². The fourth-order valence-electron chi connectivity index (χ4n) is 2.27. The molecule has 24 heavy (non-hydrogen) atoms. The first-order valence-corrected chi connectivity index (χ1v) is 7.67. The van der Waals surface area contributed by atoms with Crippen LogP contribution in [0.5, 0.6) is 0 Å². The molecule has 4 nitrogen and oxygen atoms in total. The quantitative estimate of drug-likeness (QED) is 0.443. The van der Waals surface area contributed by atoms with Crippen LogP contribution in [0, 0.1) is 0 Å². The highest BCUT2D eigenvalue weighted by Crippen LogP contribution is 2.14. The molecule has 0 amide bonds. The second-order valence-electron chi connectivity index (χ2n) is 5.25. The number of aliphatic hydroxyl groups is 1. The van der Waals surface area contributed by atoms with Crippen molar-refractivity contribution in [3.63, 3.8) is 0 Å². The first kappa shape index (κ1) is 17.8. The molecule has 0 aromatic heterocycles. The molecule has 0 spiro atoms. The summed E-state index contributed by atoms with van der Waals surface area (Å²) in [5.41, 5.74) is 3.45. The van der Waals surface area contributed by atoms with E-state index in [1.54, 1.807) is 12.2 Å². The zero-order chi connectivity index (χ0) is 17.2. The summed E-state index contributed by atoms with van der Waals surface area (Å²) in [6.45, 7) is 0.0647. The molecule has 4 heteroatoms. The fourth-order valence-corrected chi connectivity index (χ4v) is 2.27. The predicted octanol–water partition coefficient (Wildman–Crippen LogP) is 3.51. The summed E-state index contributed by atoms with van der Waals surface area (Å²) in [4.78, 5) is 16.0. The van der Waals surface area contributed by atoms with E-state index in [9.17, 15) is 9.90 Å². The van der Waals surface area contributed by atoms with E-state index in [1.165, 1.54) is 12.2 Å². The second-order valence-corrected chi connectivity index (χ2v) is 5.25. The Balaban J connectivity index is 2.02. The van der Waals surface area contributed by atoms with Gasteiger partial charge in [-0.05, 0) is 46.9 Å². The summed E-state index contributed by atoms with van der Waals surface area (Å²) >= 11 is 0. The number of carbonyl (C=O) groups excluding carboxylic acids is 1. The van der Waals surface area contributed by atoms with Crippen LogP contribution in [-0.2, 0) is 22.7 Å². The van der Waals surface area contributed by atoms with E-state index in [0.717, 1.165) is 22.3 Å². The number of carbonyl (C=O) groups is 1. The van der Waals surface area contributed by atoms with Gasteiger partial charge in [0.25, 0.3) is 0 Å². The van der Waals surface area contributed by atoms with E-state index < -0.39 is 0 Å². The number of aliphatic hydroxyl groups excluding tert-OH is 1. The molecule has 2 rings (SSSR count). The Morgan fingerprint density at radius 2 is 1.67 bits per heavy atom. The number of hydrogen-bond donors (Lipinski definition) is 2. The topological polar surface area (TPSA) is 66.8 Å². The third-order valence-corrected chi connectivity index (χ3v) is 3.54. The normalized spacial score (nSPS) is 11.4. The molecule has 0 radical (unpaired) electrons. The molecule has 0 fully saturated rings. The summed E-state index contributed by atoms with van der Waals surface area (Å²) in [6, 6.07) is 15.1. The van der Waals surface area contributed by atoms with Crippen LogP contribution in [0.2, 0.25) is 0 Å². The average Bonchev–Trinajstić information content (AvgIpc) is 2.64. The van der Waals surface area contributed by atoms with Gasteiger partial charge >= 0.3 is 0 Å². The number of rotatable bonds is 8. The van der Waals surface area contributed by atoms with Gasteiger partial charge < -0.3 is 5.11 Å². The lowest BCUT2D eigenvalue weighted by Crippen LogP contribution is -2.00. The molecule has 0 unspecified atom stereocenters. The summed E-state index contributed by atoms with van der Waals surface area (Å²) in [5.74, 6) is -0.109. The smallest absolute Gasteiger partial charge is 0.178 e. The van der Waals surface area contributed by atoms with Crippen molar-refractivity contribution >= 4 is 17.9 Å². The summed E-state index contributed by atoms with van der Waals surface area (Å²) < 4.78 is 0. The SMILES string of the molecule is O=C(/C=C/c1ccccc1)/C=C/c1ccc(CCOO)c(CO)c1. The zero-order valence-electron chi connectivity index (χ0n) is 13.3. The minimum atomic E-state index is -0.109. The Morgan fingerprint density at radius 1 is 0.958 bits per heavy atom. The zero-order valence-corrected chi connectivity index (χ0v) is 13.3. The van der Waals surface area contributed by atoms with Gasteiger partial charge in [0.15, 0.2) is 5.78 Å². The van der Waals surface area contributed by atoms with Crippen molar-refractivity contribution in [3.8, 4) is 0 Å². The monoisotopic (exact) mass is 324 g/mol. The van der Waals surface area contributed by atoms with Gasteiger partial charge in [-0.15, -0.1) is 0 Å². The predicted molar refractivity (Wildman–Crippen MR) is 94.2 cm³/mol. The molecule has 0 aliphatic rings. The van der Waals surface area contributed by atoms with Crippen LogP contribution in [0.3, 0.4) is 0 Å². The number of hydrogen-bond acceptors (Lipinski definition) is 4. The Kier molecular flexibility index (Phi) is 7.11. The highest BCUT2D eigenvalue weighted by atomic mass is 17.1. The number of ketones is 1. The van der Waals surface area contributed by atoms with Crippen LogP contribution < -0.4 is 0 Å². The van der Waals surface area contributed by atoms with E-state index in [2.05, 4.69) is 4.89 Å². The third-order valence-electron chi connectivity index (χ3n) is 3.54. The van der Waals surface area contributed by atoms with Crippen molar-refractivity contribution in [2.45, 2.75) is 13.0 Å². The molecule has 2 aromatic rings. The highest BCUT2D eigenvalue weighted by molar-refractivity contribution is 6.04. The molecule has 0 aliphatic heterocycles. The third kappa shape index (κ3) is 5.59. The molecular formula is C20H20O4. The van der Waals surface area contributed by atoms with E-state index in [1.807, 2.05) is 48.5 Å². The Labute approximate surface area is 141 Å². The van der Waals surface area contributed by atoms with Gasteiger partial charge in [-0.1, -0.05) is 54.6 Å². The van der Waals surface area contributed by atoms with Crippen molar-refractivity contribution in [2.24, 2.45) is 0 Å². The minimum Gasteiger partial charge on any atom is -0.392 e. The van der Waals surface area contributed by atoms with Crippen molar-refractivity contribution in [2.75, 3.05) is 6.61 Å². The lowest BCUT2D eigenvalue weighted by atomic mass is 10.0. The van der Waals surface area contributed by atoms with E-state index in [-0.39, 0.29) is 19.0 Å². The maximum Gasteiger partial charge on any atom is 0.178 e. The molecule has 0 bridgehead atoms. The summed E-state index contributed by atoms with van der Waals surface area (Å²) in [7, 11) is 0. The maximum atomic E-state index is 11.9. The molecule has 2 N–H and O–H groups in total. The van der Waals surface area contributed by atoms with Gasteiger partial charge in [-0.25, -0.2) is 4.89 Å². The number of benzene rings is 2. The van der Waals surface area contributed by atoms with Crippen molar-refractivity contribution in [1.82, 2.24) is 0 Å². The number of allylic oxidation sites excluding steroid dienone is 2. The Morgan fingerprint density at radius 3 is 2.33 bits per heavy atom. The largest absolute Gasteiger partial charge is 0.392 e. The van der Waals surface area contributed by atoms with Crippen LogP contribution in [-0.4, -0.2) is 22.8 Å². The molecule has 0 aliphatic carbocycles. The van der Waals surface area contributed by atoms with Crippen LogP contribution in [0.15, 0.2) is 60.7 Å². The van der Waals surface area contributed by atoms with Crippen LogP contribution in [0.1, 0.15) is 22.3 Å². The fraction of sp³-hybridized carbons (Fsp3) is 0.150. The van der Waals surface area contributed by atoms with Crippen LogP contribution >= 0.6 is 0 Å².